The topological polar surface area (TPSA) is 41.6 Å². The summed E-state index contributed by atoms with van der Waals surface area (Å²) in [6, 6.07) is 0.356. The zero-order chi connectivity index (χ0) is 12.9. The van der Waals surface area contributed by atoms with Gasteiger partial charge in [-0.2, -0.15) is 0 Å². The van der Waals surface area contributed by atoms with Crippen LogP contribution in [0.15, 0.2) is 12.7 Å². The Morgan fingerprint density at radius 1 is 1.59 bits per heavy atom. The van der Waals surface area contributed by atoms with Gasteiger partial charge in [-0.25, -0.2) is 4.79 Å². The maximum Gasteiger partial charge on any atom is 0.410 e. The van der Waals surface area contributed by atoms with E-state index in [9.17, 15) is 4.79 Å². The summed E-state index contributed by atoms with van der Waals surface area (Å²) in [5.74, 6) is 0. The fraction of sp³-hybridized carbons (Fsp3) is 0.769. The zero-order valence-corrected chi connectivity index (χ0v) is 11.2. The first-order chi connectivity index (χ1) is 7.92. The number of amides is 1. The van der Waals surface area contributed by atoms with E-state index in [4.69, 9.17) is 4.74 Å². The van der Waals surface area contributed by atoms with Gasteiger partial charge < -0.3 is 15.0 Å². The number of carbonyl (C=O) groups excluding carboxylic acids is 1. The lowest BCUT2D eigenvalue weighted by molar-refractivity contribution is 0.0189. The Kier molecular flexibility index (Phi) is 5.00. The molecule has 1 atom stereocenters. The van der Waals surface area contributed by atoms with Crippen molar-refractivity contribution in [1.82, 2.24) is 10.2 Å². The van der Waals surface area contributed by atoms with Crippen LogP contribution in [0.1, 0.15) is 33.6 Å². The third-order valence-electron chi connectivity index (χ3n) is 2.62. The third-order valence-corrected chi connectivity index (χ3v) is 2.62. The summed E-state index contributed by atoms with van der Waals surface area (Å²) in [7, 11) is 0. The van der Waals surface area contributed by atoms with E-state index in [0.717, 1.165) is 32.5 Å². The summed E-state index contributed by atoms with van der Waals surface area (Å²) < 4.78 is 5.37. The molecule has 0 bridgehead atoms. The minimum Gasteiger partial charge on any atom is -0.444 e. The Morgan fingerprint density at radius 2 is 2.29 bits per heavy atom. The van der Waals surface area contributed by atoms with Crippen LogP contribution in [-0.2, 0) is 4.74 Å². The number of hydrogen-bond donors (Lipinski definition) is 1. The second-order valence-electron chi connectivity index (χ2n) is 5.46. The van der Waals surface area contributed by atoms with Crippen LogP contribution in [0.4, 0.5) is 4.79 Å². The zero-order valence-electron chi connectivity index (χ0n) is 11.2. The molecule has 1 aliphatic rings. The molecule has 4 heteroatoms. The van der Waals surface area contributed by atoms with Gasteiger partial charge in [0.1, 0.15) is 5.60 Å². The second kappa shape index (κ2) is 6.05. The van der Waals surface area contributed by atoms with E-state index in [-0.39, 0.29) is 6.09 Å². The molecule has 1 unspecified atom stereocenters. The first kappa shape index (κ1) is 14.0. The predicted octanol–water partition coefficient (Wildman–Crippen LogP) is 2.16. The molecule has 0 spiro atoms. The summed E-state index contributed by atoms with van der Waals surface area (Å²) in [4.78, 5) is 13.7. The molecule has 98 valence electrons. The molecule has 0 aromatic rings. The highest BCUT2D eigenvalue weighted by atomic mass is 16.6. The lowest BCUT2D eigenvalue weighted by Crippen LogP contribution is -2.49. The molecule has 0 radical (unpaired) electrons. The van der Waals surface area contributed by atoms with Gasteiger partial charge in [0.05, 0.1) is 0 Å². The number of nitrogens with one attached hydrogen (secondary N) is 1. The number of likely N-dealkylation sites (tertiary alicyclic amines) is 1. The minimum atomic E-state index is -0.418. The molecule has 1 amide bonds. The molecule has 0 aromatic heterocycles. The Bertz CT molecular complexity index is 271. The minimum absolute atomic E-state index is 0.206. The van der Waals surface area contributed by atoms with Gasteiger partial charge in [-0.05, 0) is 33.6 Å². The lowest BCUT2D eigenvalue weighted by atomic mass is 10.1. The Hall–Kier alpha value is -1.03. The molecule has 17 heavy (non-hydrogen) atoms. The summed E-state index contributed by atoms with van der Waals surface area (Å²) in [5.41, 5.74) is -0.418. The Labute approximate surface area is 104 Å². The van der Waals surface area contributed by atoms with E-state index in [0.29, 0.717) is 6.04 Å². The highest BCUT2D eigenvalue weighted by Gasteiger charge is 2.26. The second-order valence-corrected chi connectivity index (χ2v) is 5.46. The lowest BCUT2D eigenvalue weighted by Gasteiger charge is -2.34. The highest BCUT2D eigenvalue weighted by Crippen LogP contribution is 2.15. The van der Waals surface area contributed by atoms with Crippen LogP contribution in [0, 0.1) is 0 Å². The average Bonchev–Trinajstić information content (AvgIpc) is 2.24. The van der Waals surface area contributed by atoms with E-state index in [2.05, 4.69) is 11.9 Å². The Morgan fingerprint density at radius 3 is 2.88 bits per heavy atom. The van der Waals surface area contributed by atoms with E-state index in [1.54, 1.807) is 4.90 Å². The maximum absolute atomic E-state index is 11.9. The summed E-state index contributed by atoms with van der Waals surface area (Å²) >= 11 is 0. The molecule has 1 heterocycles. The number of piperidine rings is 1. The number of carbonyl (C=O) groups is 1. The van der Waals surface area contributed by atoms with E-state index in [1.807, 2.05) is 26.8 Å². The molecular formula is C13H24N2O2. The summed E-state index contributed by atoms with van der Waals surface area (Å²) in [6.45, 7) is 11.7. The molecule has 1 aliphatic heterocycles. The third kappa shape index (κ3) is 5.22. The number of hydrogen-bond acceptors (Lipinski definition) is 3. The number of nitrogens with zero attached hydrogens (tertiary/aromatic N) is 1. The van der Waals surface area contributed by atoms with E-state index < -0.39 is 5.60 Å². The molecule has 1 rings (SSSR count). The fourth-order valence-corrected chi connectivity index (χ4v) is 1.89. The van der Waals surface area contributed by atoms with Crippen LogP contribution in [0.2, 0.25) is 0 Å². The Balaban J connectivity index is 2.43. The molecule has 1 saturated heterocycles. The molecule has 0 saturated carbocycles. The summed E-state index contributed by atoms with van der Waals surface area (Å²) in [6.07, 6.45) is 3.76. The number of rotatable bonds is 3. The first-order valence-electron chi connectivity index (χ1n) is 6.24. The normalized spacial score (nSPS) is 21.1. The summed E-state index contributed by atoms with van der Waals surface area (Å²) in [5, 5.41) is 3.35. The van der Waals surface area contributed by atoms with Crippen molar-refractivity contribution in [1.29, 1.82) is 0 Å². The standard InChI is InChI=1S/C13H24N2O2/c1-5-8-14-11-7-6-9-15(10-11)12(16)17-13(2,3)4/h5,11,14H,1,6-10H2,2-4H3. The first-order valence-corrected chi connectivity index (χ1v) is 6.24. The van der Waals surface area contributed by atoms with Crippen molar-refractivity contribution in [2.45, 2.75) is 45.3 Å². The van der Waals surface area contributed by atoms with Crippen molar-refractivity contribution in [3.05, 3.63) is 12.7 Å². The van der Waals surface area contributed by atoms with Crippen molar-refractivity contribution in [3.8, 4) is 0 Å². The van der Waals surface area contributed by atoms with Gasteiger partial charge in [0.2, 0.25) is 0 Å². The maximum atomic E-state index is 11.9. The molecular weight excluding hydrogens is 216 g/mol. The van der Waals surface area contributed by atoms with E-state index >= 15 is 0 Å². The van der Waals surface area contributed by atoms with Crippen LogP contribution < -0.4 is 5.32 Å². The smallest absolute Gasteiger partial charge is 0.410 e. The van der Waals surface area contributed by atoms with Crippen molar-refractivity contribution in [3.63, 3.8) is 0 Å². The van der Waals surface area contributed by atoms with Gasteiger partial charge in [0.15, 0.2) is 0 Å². The van der Waals surface area contributed by atoms with Crippen molar-refractivity contribution in [2.75, 3.05) is 19.6 Å². The van der Waals surface area contributed by atoms with E-state index in [1.165, 1.54) is 0 Å². The van der Waals surface area contributed by atoms with Crippen LogP contribution in [0.5, 0.6) is 0 Å². The van der Waals surface area contributed by atoms with Gasteiger partial charge in [0.25, 0.3) is 0 Å². The molecule has 1 fully saturated rings. The van der Waals surface area contributed by atoms with Crippen molar-refractivity contribution in [2.24, 2.45) is 0 Å². The van der Waals surface area contributed by atoms with Crippen LogP contribution >= 0.6 is 0 Å². The van der Waals surface area contributed by atoms with Gasteiger partial charge in [-0.15, -0.1) is 6.58 Å². The largest absolute Gasteiger partial charge is 0.444 e. The highest BCUT2D eigenvalue weighted by molar-refractivity contribution is 5.68. The van der Waals surface area contributed by atoms with Gasteiger partial charge in [-0.3, -0.25) is 0 Å². The van der Waals surface area contributed by atoms with Crippen LogP contribution in [0.25, 0.3) is 0 Å². The van der Waals surface area contributed by atoms with Gasteiger partial charge in [0, 0.05) is 25.7 Å². The van der Waals surface area contributed by atoms with Crippen LogP contribution in [0.3, 0.4) is 0 Å². The average molecular weight is 240 g/mol. The van der Waals surface area contributed by atoms with Gasteiger partial charge >= 0.3 is 6.09 Å². The van der Waals surface area contributed by atoms with Crippen molar-refractivity contribution < 1.29 is 9.53 Å². The fourth-order valence-electron chi connectivity index (χ4n) is 1.89. The molecule has 1 N–H and O–H groups in total. The van der Waals surface area contributed by atoms with Crippen molar-refractivity contribution >= 4 is 6.09 Å². The SMILES string of the molecule is C=CCNC1CCCN(C(=O)OC(C)(C)C)C1. The molecule has 0 aromatic carbocycles. The monoisotopic (exact) mass is 240 g/mol. The van der Waals surface area contributed by atoms with Gasteiger partial charge in [-0.1, -0.05) is 6.08 Å². The van der Waals surface area contributed by atoms with Crippen LogP contribution in [-0.4, -0.2) is 42.3 Å². The molecule has 0 aliphatic carbocycles. The number of ether oxygens (including phenoxy) is 1. The quantitative estimate of drug-likeness (QED) is 0.769. The molecule has 4 nitrogen and oxygen atoms in total. The predicted molar refractivity (Wildman–Crippen MR) is 69.0 cm³/mol.